The fourth-order valence-corrected chi connectivity index (χ4v) is 4.25. The number of carbonyl (C=O) groups is 2. The van der Waals surface area contributed by atoms with E-state index in [4.69, 9.17) is 5.11 Å². The minimum absolute atomic E-state index is 0.196. The van der Waals surface area contributed by atoms with E-state index in [0.717, 1.165) is 10.2 Å². The average Bonchev–Trinajstić information content (AvgIpc) is 3.00. The Morgan fingerprint density at radius 3 is 2.91 bits per heavy atom. The number of amides is 1. The maximum atomic E-state index is 12.2. The Morgan fingerprint density at radius 2 is 2.23 bits per heavy atom. The third-order valence-corrected chi connectivity index (χ3v) is 5.28. The maximum absolute atomic E-state index is 12.2. The van der Waals surface area contributed by atoms with Crippen molar-refractivity contribution < 1.29 is 14.7 Å². The molecule has 0 bridgehead atoms. The number of carboxylic acids is 1. The number of hydrogen-bond donors (Lipinski definition) is 1. The van der Waals surface area contributed by atoms with Crippen LogP contribution >= 0.6 is 23.1 Å². The Hall–Kier alpha value is -1.93. The molecule has 1 fully saturated rings. The number of rotatable bonds is 4. The van der Waals surface area contributed by atoms with Crippen LogP contribution in [0.15, 0.2) is 29.3 Å². The van der Waals surface area contributed by atoms with E-state index in [9.17, 15) is 9.59 Å². The first-order valence-electron chi connectivity index (χ1n) is 6.72. The highest BCUT2D eigenvalue weighted by Gasteiger charge is 2.38. The lowest BCUT2D eigenvalue weighted by molar-refractivity contribution is -0.139. The second-order valence-corrected chi connectivity index (χ2v) is 6.82. The molecule has 8 heteroatoms. The van der Waals surface area contributed by atoms with Crippen molar-refractivity contribution in [3.63, 3.8) is 0 Å². The lowest BCUT2D eigenvalue weighted by Crippen LogP contribution is -2.32. The Bertz CT molecular complexity index is 739. The lowest BCUT2D eigenvalue weighted by Gasteiger charge is -2.12. The number of aliphatic imine (C=N–C) groups is 1. The summed E-state index contributed by atoms with van der Waals surface area (Å²) in [7, 11) is 0. The third-order valence-electron chi connectivity index (χ3n) is 3.17. The van der Waals surface area contributed by atoms with Crippen molar-refractivity contribution in [3.8, 4) is 0 Å². The van der Waals surface area contributed by atoms with E-state index in [1.165, 1.54) is 28.0 Å². The van der Waals surface area contributed by atoms with Crippen LogP contribution in [-0.4, -0.2) is 43.8 Å². The molecule has 1 amide bonds. The predicted octanol–water partition coefficient (Wildman–Crippen LogP) is 2.72. The van der Waals surface area contributed by atoms with Crippen molar-refractivity contribution in [2.45, 2.75) is 18.6 Å². The number of fused-ring (bicyclic) bond motifs is 1. The van der Waals surface area contributed by atoms with Gasteiger partial charge in [-0.3, -0.25) is 14.5 Å². The zero-order valence-electron chi connectivity index (χ0n) is 11.7. The molecule has 2 heterocycles. The molecule has 1 atom stereocenters. The Morgan fingerprint density at radius 1 is 1.45 bits per heavy atom. The lowest BCUT2D eigenvalue weighted by atomic mass is 10.3. The smallest absolute Gasteiger partial charge is 0.305 e. The van der Waals surface area contributed by atoms with Crippen molar-refractivity contribution in [2.24, 2.45) is 4.99 Å². The summed E-state index contributed by atoms with van der Waals surface area (Å²) in [6.07, 6.45) is -0.196. The van der Waals surface area contributed by atoms with Crippen LogP contribution in [0.1, 0.15) is 13.3 Å². The van der Waals surface area contributed by atoms with Crippen molar-refractivity contribution in [2.75, 3.05) is 6.54 Å². The molecular weight excluding hydrogens is 322 g/mol. The molecule has 1 aromatic heterocycles. The first-order valence-corrected chi connectivity index (χ1v) is 8.42. The largest absolute Gasteiger partial charge is 0.481 e. The van der Waals surface area contributed by atoms with E-state index in [1.54, 1.807) is 0 Å². The number of amidine groups is 1. The number of benzene rings is 1. The van der Waals surface area contributed by atoms with Crippen LogP contribution in [-0.2, 0) is 9.59 Å². The molecule has 1 aromatic carbocycles. The summed E-state index contributed by atoms with van der Waals surface area (Å²) in [6.45, 7) is 2.31. The summed E-state index contributed by atoms with van der Waals surface area (Å²) in [4.78, 5) is 33.4. The molecule has 6 nitrogen and oxygen atoms in total. The number of thioether (sulfide) groups is 1. The number of para-hydroxylation sites is 1. The molecule has 1 saturated heterocycles. The number of aliphatic carboxylic acids is 1. The molecule has 22 heavy (non-hydrogen) atoms. The summed E-state index contributed by atoms with van der Waals surface area (Å²) in [5, 5.41) is 9.38. The number of hydrogen-bond acceptors (Lipinski definition) is 6. The Labute approximate surface area is 134 Å². The number of carbonyl (C=O) groups excluding carboxylic acids is 1. The fraction of sp³-hybridized carbons (Fsp3) is 0.286. The summed E-state index contributed by atoms with van der Waals surface area (Å²) >= 11 is 2.64. The van der Waals surface area contributed by atoms with Crippen LogP contribution in [0.3, 0.4) is 0 Å². The van der Waals surface area contributed by atoms with Crippen LogP contribution in [0.5, 0.6) is 0 Å². The molecule has 0 saturated carbocycles. The molecule has 1 unspecified atom stereocenters. The summed E-state index contributed by atoms with van der Waals surface area (Å²) < 4.78 is 1.03. The van der Waals surface area contributed by atoms with Gasteiger partial charge in [-0.2, -0.15) is 4.99 Å². The highest BCUT2D eigenvalue weighted by atomic mass is 32.2. The third kappa shape index (κ3) is 2.84. The van der Waals surface area contributed by atoms with Crippen LogP contribution in [0.25, 0.3) is 10.2 Å². The fourth-order valence-electron chi connectivity index (χ4n) is 2.16. The van der Waals surface area contributed by atoms with E-state index < -0.39 is 11.2 Å². The van der Waals surface area contributed by atoms with Gasteiger partial charge in [-0.05, 0) is 19.1 Å². The molecule has 1 aliphatic rings. The van der Waals surface area contributed by atoms with Gasteiger partial charge in [-0.1, -0.05) is 35.2 Å². The molecule has 2 aromatic rings. The number of thiazole rings is 1. The van der Waals surface area contributed by atoms with E-state index in [0.29, 0.717) is 16.8 Å². The minimum atomic E-state index is -0.983. The summed E-state index contributed by atoms with van der Waals surface area (Å²) in [5.74, 6) is -1.18. The molecule has 0 spiro atoms. The number of carboxylic acid groups (broad SMARTS) is 1. The van der Waals surface area contributed by atoms with Gasteiger partial charge in [0.2, 0.25) is 11.0 Å². The highest BCUT2D eigenvalue weighted by Crippen LogP contribution is 2.34. The Balaban J connectivity index is 1.91. The van der Waals surface area contributed by atoms with Gasteiger partial charge in [0.05, 0.1) is 16.6 Å². The Kier molecular flexibility index (Phi) is 4.12. The second kappa shape index (κ2) is 6.05. The number of aromatic nitrogens is 1. The van der Waals surface area contributed by atoms with Crippen molar-refractivity contribution in [3.05, 3.63) is 24.3 Å². The first-order chi connectivity index (χ1) is 10.6. The summed E-state index contributed by atoms with van der Waals surface area (Å²) in [5.41, 5.74) is 0.867. The van der Waals surface area contributed by atoms with Crippen molar-refractivity contribution >= 4 is 55.5 Å². The van der Waals surface area contributed by atoms with Crippen LogP contribution in [0.2, 0.25) is 0 Å². The van der Waals surface area contributed by atoms with Crippen molar-refractivity contribution in [1.29, 1.82) is 0 Å². The number of nitrogens with zero attached hydrogens (tertiary/aromatic N) is 3. The minimum Gasteiger partial charge on any atom is -0.481 e. The topological polar surface area (TPSA) is 82.9 Å². The van der Waals surface area contributed by atoms with Gasteiger partial charge in [0, 0.05) is 6.54 Å². The SMILES string of the molecule is CCN1C(=O)C(CC(=O)O)S/C1=N\c1nc2ccccc2s1. The standard InChI is InChI=1S/C14H13N3O3S2/c1-2-17-12(20)10(7-11(18)19)22-14(17)16-13-15-8-5-3-4-6-9(8)21-13/h3-6,10H,2,7H2,1H3,(H,18,19)/b16-14-. The van der Waals surface area contributed by atoms with E-state index in [1.807, 2.05) is 31.2 Å². The highest BCUT2D eigenvalue weighted by molar-refractivity contribution is 8.15. The molecule has 1 aliphatic heterocycles. The maximum Gasteiger partial charge on any atom is 0.305 e. The van der Waals surface area contributed by atoms with Gasteiger partial charge < -0.3 is 5.11 Å². The van der Waals surface area contributed by atoms with Gasteiger partial charge >= 0.3 is 5.97 Å². The van der Waals surface area contributed by atoms with Gasteiger partial charge in [0.1, 0.15) is 5.25 Å². The normalized spacial score (nSPS) is 20.2. The van der Waals surface area contributed by atoms with E-state index >= 15 is 0 Å². The van der Waals surface area contributed by atoms with Gasteiger partial charge in [0.15, 0.2) is 5.17 Å². The second-order valence-electron chi connectivity index (χ2n) is 4.65. The first kappa shape index (κ1) is 15.0. The molecule has 0 aliphatic carbocycles. The van der Waals surface area contributed by atoms with Gasteiger partial charge in [0.25, 0.3) is 0 Å². The average molecular weight is 335 g/mol. The molecule has 0 radical (unpaired) electrons. The van der Waals surface area contributed by atoms with Gasteiger partial charge in [-0.15, -0.1) is 0 Å². The van der Waals surface area contributed by atoms with E-state index in [2.05, 4.69) is 9.98 Å². The predicted molar refractivity (Wildman–Crippen MR) is 87.7 cm³/mol. The van der Waals surface area contributed by atoms with Crippen molar-refractivity contribution in [1.82, 2.24) is 9.88 Å². The van der Waals surface area contributed by atoms with Crippen LogP contribution in [0.4, 0.5) is 5.13 Å². The monoisotopic (exact) mass is 335 g/mol. The zero-order chi connectivity index (χ0) is 15.7. The molecule has 1 N–H and O–H groups in total. The van der Waals surface area contributed by atoms with E-state index in [-0.39, 0.29) is 12.3 Å². The zero-order valence-corrected chi connectivity index (χ0v) is 13.4. The summed E-state index contributed by atoms with van der Waals surface area (Å²) in [6, 6.07) is 7.72. The van der Waals surface area contributed by atoms with Crippen LogP contribution in [0, 0.1) is 0 Å². The quantitative estimate of drug-likeness (QED) is 0.929. The van der Waals surface area contributed by atoms with Gasteiger partial charge in [-0.25, -0.2) is 4.98 Å². The molecule has 3 rings (SSSR count). The molecular formula is C14H13N3O3S2. The van der Waals surface area contributed by atoms with Crippen LogP contribution < -0.4 is 0 Å². The molecule has 114 valence electrons.